The molecular weight excluding hydrogens is 264 g/mol. The molecule has 116 valence electrons. The fraction of sp³-hybridized carbons (Fsp3) is 0.625. The first-order valence-electron chi connectivity index (χ1n) is 7.69. The number of anilines is 1. The lowest BCUT2D eigenvalue weighted by atomic mass is 10.1. The third kappa shape index (κ3) is 3.73. The number of aryl methyl sites for hydroxylation is 1. The number of hydrogen-bond acceptors (Lipinski definition) is 4. The maximum atomic E-state index is 12.9. The second kappa shape index (κ2) is 6.89. The van der Waals surface area contributed by atoms with E-state index in [-0.39, 0.29) is 5.91 Å². The van der Waals surface area contributed by atoms with E-state index in [0.29, 0.717) is 11.6 Å². The molecule has 1 aromatic heterocycles. The number of amides is 1. The Labute approximate surface area is 127 Å². The SMILES string of the molecule is CCNc1cc(C)ncc1C(=O)N1CCCC1CN(C)C. The molecule has 21 heavy (non-hydrogen) atoms. The molecule has 0 saturated carbocycles. The smallest absolute Gasteiger partial charge is 0.257 e. The van der Waals surface area contributed by atoms with Gasteiger partial charge in [-0.15, -0.1) is 0 Å². The van der Waals surface area contributed by atoms with E-state index in [2.05, 4.69) is 29.3 Å². The predicted molar refractivity (Wildman–Crippen MR) is 85.8 cm³/mol. The molecule has 0 aliphatic carbocycles. The fourth-order valence-electron chi connectivity index (χ4n) is 2.94. The van der Waals surface area contributed by atoms with Gasteiger partial charge in [0.05, 0.1) is 11.3 Å². The van der Waals surface area contributed by atoms with Crippen LogP contribution in [0.5, 0.6) is 0 Å². The van der Waals surface area contributed by atoms with Gasteiger partial charge in [0.2, 0.25) is 0 Å². The number of pyridine rings is 1. The number of likely N-dealkylation sites (N-methyl/N-ethyl adjacent to an activating group) is 1. The van der Waals surface area contributed by atoms with E-state index in [1.807, 2.05) is 24.8 Å². The van der Waals surface area contributed by atoms with Crippen molar-refractivity contribution in [1.29, 1.82) is 0 Å². The third-order valence-electron chi connectivity index (χ3n) is 3.85. The van der Waals surface area contributed by atoms with Gasteiger partial charge in [0.25, 0.3) is 5.91 Å². The van der Waals surface area contributed by atoms with Gasteiger partial charge in [-0.1, -0.05) is 0 Å². The summed E-state index contributed by atoms with van der Waals surface area (Å²) in [7, 11) is 4.11. The minimum Gasteiger partial charge on any atom is -0.385 e. The van der Waals surface area contributed by atoms with Crippen LogP contribution in [0.2, 0.25) is 0 Å². The highest BCUT2D eigenvalue weighted by Gasteiger charge is 2.30. The summed E-state index contributed by atoms with van der Waals surface area (Å²) < 4.78 is 0. The minimum atomic E-state index is 0.0998. The number of carbonyl (C=O) groups is 1. The van der Waals surface area contributed by atoms with Crippen LogP contribution in [0.25, 0.3) is 0 Å². The largest absolute Gasteiger partial charge is 0.385 e. The first-order chi connectivity index (χ1) is 10.0. The quantitative estimate of drug-likeness (QED) is 0.901. The van der Waals surface area contributed by atoms with Gasteiger partial charge in [-0.05, 0) is 46.9 Å². The second-order valence-electron chi connectivity index (χ2n) is 5.96. The van der Waals surface area contributed by atoms with E-state index in [1.54, 1.807) is 6.20 Å². The zero-order valence-electron chi connectivity index (χ0n) is 13.5. The minimum absolute atomic E-state index is 0.0998. The van der Waals surface area contributed by atoms with Crippen LogP contribution >= 0.6 is 0 Å². The highest BCUT2D eigenvalue weighted by Crippen LogP contribution is 2.24. The summed E-state index contributed by atoms with van der Waals surface area (Å²) in [5.41, 5.74) is 2.51. The van der Waals surface area contributed by atoms with Crippen LogP contribution in [0.15, 0.2) is 12.3 Å². The summed E-state index contributed by atoms with van der Waals surface area (Å²) in [4.78, 5) is 21.3. The van der Waals surface area contributed by atoms with Crippen LogP contribution in [0.4, 0.5) is 5.69 Å². The molecule has 0 bridgehead atoms. The van der Waals surface area contributed by atoms with E-state index in [1.165, 1.54) is 0 Å². The summed E-state index contributed by atoms with van der Waals surface area (Å²) in [6, 6.07) is 2.26. The van der Waals surface area contributed by atoms with Gasteiger partial charge < -0.3 is 15.1 Å². The van der Waals surface area contributed by atoms with Crippen LogP contribution in [-0.4, -0.2) is 60.5 Å². The molecule has 0 radical (unpaired) electrons. The predicted octanol–water partition coefficient (Wildman–Crippen LogP) is 1.99. The molecule has 0 aromatic carbocycles. The van der Waals surface area contributed by atoms with Crippen molar-refractivity contribution >= 4 is 11.6 Å². The molecule has 1 N–H and O–H groups in total. The van der Waals surface area contributed by atoms with E-state index >= 15 is 0 Å². The molecule has 1 aromatic rings. The zero-order valence-corrected chi connectivity index (χ0v) is 13.5. The van der Waals surface area contributed by atoms with Gasteiger partial charge in [0.1, 0.15) is 0 Å². The summed E-state index contributed by atoms with van der Waals surface area (Å²) in [5, 5.41) is 3.28. The summed E-state index contributed by atoms with van der Waals surface area (Å²) >= 11 is 0. The Hall–Kier alpha value is -1.62. The Bertz CT molecular complexity index is 501. The highest BCUT2D eigenvalue weighted by molar-refractivity contribution is 5.99. The molecule has 1 aliphatic heterocycles. The van der Waals surface area contributed by atoms with Crippen molar-refractivity contribution in [2.45, 2.75) is 32.7 Å². The molecule has 1 fully saturated rings. The number of rotatable bonds is 5. The fourth-order valence-corrected chi connectivity index (χ4v) is 2.94. The number of nitrogens with one attached hydrogen (secondary N) is 1. The van der Waals surface area contributed by atoms with E-state index in [4.69, 9.17) is 0 Å². The van der Waals surface area contributed by atoms with Gasteiger partial charge in [-0.25, -0.2) is 0 Å². The Kier molecular flexibility index (Phi) is 5.17. The lowest BCUT2D eigenvalue weighted by molar-refractivity contribution is 0.0717. The standard InChI is InChI=1S/C16H26N4O/c1-5-17-15-9-12(2)18-10-14(15)16(21)20-8-6-7-13(20)11-19(3)4/h9-10,13H,5-8,11H2,1-4H3,(H,17,18). The van der Waals surface area contributed by atoms with Crippen molar-refractivity contribution in [3.8, 4) is 0 Å². The number of likely N-dealkylation sites (tertiary alicyclic amines) is 1. The number of carbonyl (C=O) groups excluding carboxylic acids is 1. The van der Waals surface area contributed by atoms with Crippen molar-refractivity contribution in [2.24, 2.45) is 0 Å². The molecule has 1 saturated heterocycles. The molecule has 5 heteroatoms. The van der Waals surface area contributed by atoms with Crippen molar-refractivity contribution in [1.82, 2.24) is 14.8 Å². The summed E-state index contributed by atoms with van der Waals surface area (Å²) in [6.07, 6.45) is 3.88. The second-order valence-corrected chi connectivity index (χ2v) is 5.96. The Morgan fingerprint density at radius 2 is 2.29 bits per heavy atom. The van der Waals surface area contributed by atoms with Crippen molar-refractivity contribution in [3.05, 3.63) is 23.5 Å². The van der Waals surface area contributed by atoms with E-state index in [9.17, 15) is 4.79 Å². The summed E-state index contributed by atoms with van der Waals surface area (Å²) in [6.45, 7) is 6.54. The topological polar surface area (TPSA) is 48.5 Å². The Balaban J connectivity index is 2.22. The molecule has 1 amide bonds. The lowest BCUT2D eigenvalue weighted by Gasteiger charge is -2.28. The maximum absolute atomic E-state index is 12.9. The number of nitrogens with zero attached hydrogens (tertiary/aromatic N) is 3. The van der Waals surface area contributed by atoms with Crippen molar-refractivity contribution in [2.75, 3.05) is 39.0 Å². The monoisotopic (exact) mass is 290 g/mol. The van der Waals surface area contributed by atoms with Gasteiger partial charge >= 0.3 is 0 Å². The molecule has 1 aliphatic rings. The van der Waals surface area contributed by atoms with Crippen LogP contribution in [0.3, 0.4) is 0 Å². The normalized spacial score (nSPS) is 18.3. The molecule has 1 atom stereocenters. The van der Waals surface area contributed by atoms with Crippen molar-refractivity contribution in [3.63, 3.8) is 0 Å². The molecule has 2 rings (SSSR count). The first-order valence-corrected chi connectivity index (χ1v) is 7.69. The molecule has 2 heterocycles. The molecule has 0 spiro atoms. The number of hydrogen-bond donors (Lipinski definition) is 1. The summed E-state index contributed by atoms with van der Waals surface area (Å²) in [5.74, 6) is 0.0998. The Morgan fingerprint density at radius 1 is 1.52 bits per heavy atom. The van der Waals surface area contributed by atoms with Gasteiger partial charge in [-0.3, -0.25) is 9.78 Å². The average Bonchev–Trinajstić information content (AvgIpc) is 2.86. The molecule has 5 nitrogen and oxygen atoms in total. The number of aromatic nitrogens is 1. The van der Waals surface area contributed by atoms with E-state index in [0.717, 1.165) is 43.9 Å². The van der Waals surface area contributed by atoms with Gasteiger partial charge in [0, 0.05) is 37.6 Å². The average molecular weight is 290 g/mol. The van der Waals surface area contributed by atoms with Gasteiger partial charge in [0.15, 0.2) is 0 Å². The third-order valence-corrected chi connectivity index (χ3v) is 3.85. The van der Waals surface area contributed by atoms with Gasteiger partial charge in [-0.2, -0.15) is 0 Å². The van der Waals surface area contributed by atoms with Crippen LogP contribution in [0, 0.1) is 6.92 Å². The van der Waals surface area contributed by atoms with Crippen LogP contribution in [-0.2, 0) is 0 Å². The molecular formula is C16H26N4O. The first kappa shape index (κ1) is 15.8. The maximum Gasteiger partial charge on any atom is 0.257 e. The zero-order chi connectivity index (χ0) is 15.4. The van der Waals surface area contributed by atoms with Crippen LogP contribution < -0.4 is 5.32 Å². The molecule has 1 unspecified atom stereocenters. The highest BCUT2D eigenvalue weighted by atomic mass is 16.2. The lowest BCUT2D eigenvalue weighted by Crippen LogP contribution is -2.41. The Morgan fingerprint density at radius 3 is 2.95 bits per heavy atom. The van der Waals surface area contributed by atoms with Crippen molar-refractivity contribution < 1.29 is 4.79 Å². The van der Waals surface area contributed by atoms with Crippen LogP contribution in [0.1, 0.15) is 35.8 Å². The van der Waals surface area contributed by atoms with E-state index < -0.39 is 0 Å².